The van der Waals surface area contributed by atoms with Crippen LogP contribution < -0.4 is 10.6 Å². The molecule has 0 unspecified atom stereocenters. The maximum absolute atomic E-state index is 11.9. The van der Waals surface area contributed by atoms with Crippen molar-refractivity contribution in [1.82, 2.24) is 5.32 Å². The van der Waals surface area contributed by atoms with Crippen molar-refractivity contribution in [3.05, 3.63) is 41.6 Å². The van der Waals surface area contributed by atoms with E-state index in [4.69, 9.17) is 0 Å². The minimum absolute atomic E-state index is 0.149. The van der Waals surface area contributed by atoms with Gasteiger partial charge in [-0.25, -0.2) is 0 Å². The Bertz CT molecular complexity index is 450. The zero-order valence-corrected chi connectivity index (χ0v) is 10.2. The summed E-state index contributed by atoms with van der Waals surface area (Å²) in [6, 6.07) is 9.03. The Morgan fingerprint density at radius 2 is 1.65 bits per heavy atom. The van der Waals surface area contributed by atoms with Gasteiger partial charge in [-0.15, -0.1) is 0 Å². The number of carbonyl (C=O) groups excluding carboxylic acids is 2. The fourth-order valence-corrected chi connectivity index (χ4v) is 1.43. The van der Waals surface area contributed by atoms with Crippen LogP contribution >= 0.6 is 0 Å². The third-order valence-electron chi connectivity index (χ3n) is 2.36. The lowest BCUT2D eigenvalue weighted by Gasteiger charge is -2.09. The minimum Gasteiger partial charge on any atom is -0.391 e. The molecule has 1 rings (SSSR count). The summed E-state index contributed by atoms with van der Waals surface area (Å²) in [6.45, 7) is 3.07. The number of ketones is 1. The summed E-state index contributed by atoms with van der Waals surface area (Å²) >= 11 is 0. The fourth-order valence-electron chi connectivity index (χ4n) is 1.43. The normalized spacial score (nSPS) is 11.5. The second kappa shape index (κ2) is 5.84. The van der Waals surface area contributed by atoms with E-state index in [1.807, 2.05) is 18.2 Å². The summed E-state index contributed by atoms with van der Waals surface area (Å²) in [5.41, 5.74) is 1.38. The molecule has 0 radical (unpaired) electrons. The lowest BCUT2D eigenvalue weighted by molar-refractivity contribution is -0.119. The fraction of sp³-hybridized carbons (Fsp3) is 0.231. The van der Waals surface area contributed by atoms with Gasteiger partial charge in [0.25, 0.3) is 5.91 Å². The first-order valence-corrected chi connectivity index (χ1v) is 5.32. The molecule has 90 valence electrons. The molecule has 0 aliphatic carbocycles. The maximum Gasteiger partial charge on any atom is 0.261 e. The third kappa shape index (κ3) is 3.45. The molecule has 0 heterocycles. The van der Waals surface area contributed by atoms with Gasteiger partial charge in [0.1, 0.15) is 5.57 Å². The zero-order valence-electron chi connectivity index (χ0n) is 10.2. The SMILES string of the molecule is CNC(C)=C(C(C)=O)C(=O)Nc1ccccc1. The largest absolute Gasteiger partial charge is 0.391 e. The number of hydrogen-bond acceptors (Lipinski definition) is 3. The Labute approximate surface area is 101 Å². The number of rotatable bonds is 4. The topological polar surface area (TPSA) is 58.2 Å². The molecule has 1 amide bonds. The van der Waals surface area contributed by atoms with E-state index < -0.39 is 5.91 Å². The van der Waals surface area contributed by atoms with Crippen LogP contribution in [0.5, 0.6) is 0 Å². The quantitative estimate of drug-likeness (QED) is 0.472. The van der Waals surface area contributed by atoms with Crippen molar-refractivity contribution in [2.24, 2.45) is 0 Å². The molecule has 1 aromatic rings. The molecule has 0 saturated heterocycles. The number of nitrogens with one attached hydrogen (secondary N) is 2. The molecular weight excluding hydrogens is 216 g/mol. The molecule has 17 heavy (non-hydrogen) atoms. The minimum atomic E-state index is -0.393. The van der Waals surface area contributed by atoms with Gasteiger partial charge in [-0.05, 0) is 26.0 Å². The Balaban J connectivity index is 2.92. The van der Waals surface area contributed by atoms with E-state index in [-0.39, 0.29) is 11.4 Å². The summed E-state index contributed by atoms with van der Waals surface area (Å²) < 4.78 is 0. The van der Waals surface area contributed by atoms with Gasteiger partial charge in [0.2, 0.25) is 0 Å². The predicted molar refractivity (Wildman–Crippen MR) is 67.5 cm³/mol. The van der Waals surface area contributed by atoms with E-state index in [1.165, 1.54) is 6.92 Å². The van der Waals surface area contributed by atoms with E-state index in [9.17, 15) is 9.59 Å². The van der Waals surface area contributed by atoms with E-state index in [0.29, 0.717) is 11.4 Å². The zero-order chi connectivity index (χ0) is 12.8. The Hall–Kier alpha value is -2.10. The van der Waals surface area contributed by atoms with Crippen molar-refractivity contribution in [3.8, 4) is 0 Å². The summed E-state index contributed by atoms with van der Waals surface area (Å²) in [5, 5.41) is 5.49. The second-order valence-electron chi connectivity index (χ2n) is 3.63. The van der Waals surface area contributed by atoms with Gasteiger partial charge in [-0.1, -0.05) is 18.2 Å². The van der Waals surface area contributed by atoms with Gasteiger partial charge < -0.3 is 10.6 Å². The van der Waals surface area contributed by atoms with Gasteiger partial charge in [0.15, 0.2) is 5.78 Å². The van der Waals surface area contributed by atoms with Gasteiger partial charge in [0, 0.05) is 18.4 Å². The summed E-state index contributed by atoms with van der Waals surface area (Å²) in [5.74, 6) is -0.652. The van der Waals surface area contributed by atoms with Gasteiger partial charge in [0.05, 0.1) is 0 Å². The van der Waals surface area contributed by atoms with E-state index in [0.717, 1.165) is 0 Å². The van der Waals surface area contributed by atoms with Crippen LogP contribution in [-0.4, -0.2) is 18.7 Å². The molecule has 1 aromatic carbocycles. The second-order valence-corrected chi connectivity index (χ2v) is 3.63. The van der Waals surface area contributed by atoms with Gasteiger partial charge in [-0.3, -0.25) is 9.59 Å². The first-order valence-electron chi connectivity index (χ1n) is 5.32. The van der Waals surface area contributed by atoms with Crippen molar-refractivity contribution in [3.63, 3.8) is 0 Å². The molecule has 0 aliphatic rings. The number of anilines is 1. The number of para-hydroxylation sites is 1. The van der Waals surface area contributed by atoms with Crippen LogP contribution in [-0.2, 0) is 9.59 Å². The first kappa shape index (κ1) is 13.0. The monoisotopic (exact) mass is 232 g/mol. The van der Waals surface area contributed by atoms with Crippen molar-refractivity contribution in [1.29, 1.82) is 0 Å². The molecule has 0 spiro atoms. The summed E-state index contributed by atoms with van der Waals surface area (Å²) in [7, 11) is 1.67. The third-order valence-corrected chi connectivity index (χ3v) is 2.36. The highest BCUT2D eigenvalue weighted by Gasteiger charge is 2.17. The van der Waals surface area contributed by atoms with Crippen molar-refractivity contribution in [2.75, 3.05) is 12.4 Å². The number of carbonyl (C=O) groups is 2. The van der Waals surface area contributed by atoms with E-state index in [2.05, 4.69) is 10.6 Å². The average molecular weight is 232 g/mol. The smallest absolute Gasteiger partial charge is 0.261 e. The van der Waals surface area contributed by atoms with Crippen LogP contribution in [0.4, 0.5) is 5.69 Å². The van der Waals surface area contributed by atoms with E-state index >= 15 is 0 Å². The number of allylic oxidation sites excluding steroid dienone is 1. The molecule has 4 heteroatoms. The molecule has 0 aliphatic heterocycles. The van der Waals surface area contributed by atoms with Crippen LogP contribution in [0.2, 0.25) is 0 Å². The number of amides is 1. The van der Waals surface area contributed by atoms with Crippen molar-refractivity contribution >= 4 is 17.4 Å². The Kier molecular flexibility index (Phi) is 4.46. The molecule has 2 N–H and O–H groups in total. The molecule has 0 saturated carbocycles. The van der Waals surface area contributed by atoms with Crippen molar-refractivity contribution < 1.29 is 9.59 Å². The van der Waals surface area contributed by atoms with Crippen LogP contribution in [0.15, 0.2) is 41.6 Å². The molecule has 0 atom stereocenters. The number of benzene rings is 1. The highest BCUT2D eigenvalue weighted by molar-refractivity contribution is 6.23. The predicted octanol–water partition coefficient (Wildman–Crippen LogP) is 1.71. The van der Waals surface area contributed by atoms with Crippen LogP contribution in [0, 0.1) is 0 Å². The van der Waals surface area contributed by atoms with E-state index in [1.54, 1.807) is 26.1 Å². The number of Topliss-reactive ketones (excluding diaryl/α,β-unsaturated/α-hetero) is 1. The highest BCUT2D eigenvalue weighted by atomic mass is 16.2. The average Bonchev–Trinajstić information content (AvgIpc) is 2.29. The lowest BCUT2D eigenvalue weighted by atomic mass is 10.1. The van der Waals surface area contributed by atoms with Gasteiger partial charge in [-0.2, -0.15) is 0 Å². The first-order chi connectivity index (χ1) is 8.06. The molecular formula is C13H16N2O2. The Morgan fingerprint density at radius 3 is 2.12 bits per heavy atom. The van der Waals surface area contributed by atoms with Crippen LogP contribution in [0.1, 0.15) is 13.8 Å². The lowest BCUT2D eigenvalue weighted by Crippen LogP contribution is -2.23. The van der Waals surface area contributed by atoms with Gasteiger partial charge >= 0.3 is 0 Å². The van der Waals surface area contributed by atoms with Crippen LogP contribution in [0.25, 0.3) is 0 Å². The molecule has 0 bridgehead atoms. The highest BCUT2D eigenvalue weighted by Crippen LogP contribution is 2.10. The molecule has 0 aromatic heterocycles. The van der Waals surface area contributed by atoms with Crippen LogP contribution in [0.3, 0.4) is 0 Å². The summed E-state index contributed by atoms with van der Waals surface area (Å²) in [4.78, 5) is 23.3. The molecule has 4 nitrogen and oxygen atoms in total. The maximum atomic E-state index is 11.9. The Morgan fingerprint density at radius 1 is 1.06 bits per heavy atom. The summed E-state index contributed by atoms with van der Waals surface area (Å²) in [6.07, 6.45) is 0. The standard InChI is InChI=1S/C13H16N2O2/c1-9(14-3)12(10(2)16)13(17)15-11-7-5-4-6-8-11/h4-8,14H,1-3H3,(H,15,17). The van der Waals surface area contributed by atoms with Crippen molar-refractivity contribution in [2.45, 2.75) is 13.8 Å². The molecule has 0 fully saturated rings. The number of hydrogen-bond donors (Lipinski definition) is 2.